The van der Waals surface area contributed by atoms with Crippen LogP contribution in [-0.2, 0) is 17.3 Å². The zero-order valence-corrected chi connectivity index (χ0v) is 30.3. The molecule has 1 heterocycles. The zero-order chi connectivity index (χ0) is 36.2. The lowest BCUT2D eigenvalue weighted by Crippen LogP contribution is -2.37. The van der Waals surface area contributed by atoms with Gasteiger partial charge >= 0.3 is 5.78 Å². The van der Waals surface area contributed by atoms with E-state index in [0.717, 1.165) is 55.5 Å². The molecular weight excluding hydrogens is 633 g/mol. The van der Waals surface area contributed by atoms with Gasteiger partial charge in [0, 0.05) is 11.1 Å². The van der Waals surface area contributed by atoms with Crippen LogP contribution in [0.3, 0.4) is 0 Å². The summed E-state index contributed by atoms with van der Waals surface area (Å²) < 4.78 is 0. The van der Waals surface area contributed by atoms with Gasteiger partial charge in [0.2, 0.25) is 0 Å². The summed E-state index contributed by atoms with van der Waals surface area (Å²) in [5.41, 5.74) is 8.11. The van der Waals surface area contributed by atoms with Gasteiger partial charge in [0.25, 0.3) is 5.75 Å². The van der Waals surface area contributed by atoms with Crippen LogP contribution in [0, 0.1) is 5.92 Å². The molecule has 0 saturated heterocycles. The number of hydrogen-bond donors (Lipinski definition) is 3. The van der Waals surface area contributed by atoms with E-state index in [1.54, 1.807) is 0 Å². The molecule has 0 saturated carbocycles. The number of carbonyl (C=O) groups is 1. The molecule has 6 nitrogen and oxygen atoms in total. The molecule has 3 unspecified atom stereocenters. The molecule has 6 heteroatoms. The molecule has 5 aromatic rings. The van der Waals surface area contributed by atoms with Crippen LogP contribution in [0.2, 0.25) is 0 Å². The summed E-state index contributed by atoms with van der Waals surface area (Å²) in [6.45, 7) is 12.8. The molecule has 0 radical (unpaired) electrons. The first-order valence-corrected chi connectivity index (χ1v) is 17.9. The van der Waals surface area contributed by atoms with Crippen molar-refractivity contribution in [3.8, 4) is 16.9 Å². The minimum atomic E-state index is -0.840. The number of fused-ring (bicyclic) bond motifs is 3. The molecule has 260 valence electrons. The van der Waals surface area contributed by atoms with Crippen molar-refractivity contribution in [3.05, 3.63) is 130 Å². The molecular formula is C45H48N2O4+2. The molecule has 0 aromatic heterocycles. The third-order valence-electron chi connectivity index (χ3n) is 10.3. The van der Waals surface area contributed by atoms with E-state index in [4.69, 9.17) is 5.11 Å². The number of carbonyl (C=O) groups excluding carboxylic acids is 2. The number of rotatable bonds is 7. The molecule has 1 aliphatic carbocycles. The van der Waals surface area contributed by atoms with Crippen molar-refractivity contribution in [2.75, 3.05) is 10.6 Å². The Morgan fingerprint density at radius 3 is 2.22 bits per heavy atom. The number of para-hydroxylation sites is 1. The first-order chi connectivity index (χ1) is 24.2. The molecule has 3 atom stereocenters. The summed E-state index contributed by atoms with van der Waals surface area (Å²) in [5, 5.41) is 29.0. The minimum Gasteiger partial charge on any atom is -0.593 e. The van der Waals surface area contributed by atoms with Crippen LogP contribution in [0.4, 0.5) is 11.4 Å². The van der Waals surface area contributed by atoms with Gasteiger partial charge in [-0.2, -0.15) is 0 Å². The largest absolute Gasteiger partial charge is 0.593 e. The second kappa shape index (κ2) is 12.8. The predicted octanol–water partition coefficient (Wildman–Crippen LogP) is 9.12. The smallest absolute Gasteiger partial charge is 0.337 e. The van der Waals surface area contributed by atoms with Gasteiger partial charge in [-0.15, -0.1) is 0 Å². The lowest BCUT2D eigenvalue weighted by Gasteiger charge is -2.28. The van der Waals surface area contributed by atoms with Crippen LogP contribution in [0.25, 0.3) is 28.0 Å². The third kappa shape index (κ3) is 6.34. The van der Waals surface area contributed by atoms with Gasteiger partial charge in [-0.25, -0.2) is 0 Å². The number of aliphatic hydroxyl groups excluding tert-OH is 1. The van der Waals surface area contributed by atoms with Crippen molar-refractivity contribution in [3.63, 3.8) is 0 Å². The molecule has 6 N–H and O–H groups in total. The van der Waals surface area contributed by atoms with E-state index in [-0.39, 0.29) is 22.4 Å². The second-order valence-electron chi connectivity index (χ2n) is 16.1. The van der Waals surface area contributed by atoms with Gasteiger partial charge in [-0.05, 0) is 75.4 Å². The summed E-state index contributed by atoms with van der Waals surface area (Å²) >= 11 is 0. The summed E-state index contributed by atoms with van der Waals surface area (Å²) in [7, 11) is 0. The number of benzene rings is 5. The number of aryl methyl sites for hydroxylation is 1. The highest BCUT2D eigenvalue weighted by Crippen LogP contribution is 2.44. The SMILES string of the molecule is CC(C)(C)c1cc(CCC(O)Nc2cccc3c2NC(C2C(=O)c4c(cc5ccccc5c4-c4ccccc4)C2=[OH+])C=C3)cc(C(C)(C)C)c1[OH2+]. The second-order valence-corrected chi connectivity index (χ2v) is 16.1. The van der Waals surface area contributed by atoms with E-state index in [2.05, 4.69) is 64.3 Å². The number of ketones is 2. The van der Waals surface area contributed by atoms with Crippen LogP contribution in [0.5, 0.6) is 5.75 Å². The predicted molar refractivity (Wildman–Crippen MR) is 211 cm³/mol. The quantitative estimate of drug-likeness (QED) is 0.0906. The van der Waals surface area contributed by atoms with Crippen molar-refractivity contribution in [2.24, 2.45) is 5.92 Å². The van der Waals surface area contributed by atoms with Gasteiger partial charge < -0.3 is 20.8 Å². The summed E-state index contributed by atoms with van der Waals surface area (Å²) in [6, 6.07) is 29.4. The molecule has 0 fully saturated rings. The fourth-order valence-corrected chi connectivity index (χ4v) is 7.68. The maximum Gasteiger partial charge on any atom is 0.337 e. The Morgan fingerprint density at radius 2 is 1.53 bits per heavy atom. The maximum absolute atomic E-state index is 14.4. The van der Waals surface area contributed by atoms with Crippen LogP contribution >= 0.6 is 0 Å². The molecule has 0 amide bonds. The zero-order valence-electron chi connectivity index (χ0n) is 30.3. The standard InChI is InChI=1S/C45H46N2O4/c1-44(2,3)32-23-26(24-33(42(32)50)45(4,5)6)19-22-36(48)46-35-18-12-16-28-20-21-34(47-40(28)35)39-41(49)31-25-29-15-10-11-17-30(29)37(38(31)43(39)51)27-13-8-7-9-14-27/h7-18,20-21,23-25,34,36,39,46-48,50H,19,22H2,1-6H3/p+2. The van der Waals surface area contributed by atoms with E-state index in [1.165, 1.54) is 0 Å². The number of aliphatic hydroxyl groups is 1. The molecule has 51 heavy (non-hydrogen) atoms. The van der Waals surface area contributed by atoms with E-state index in [1.807, 2.05) is 91.0 Å². The van der Waals surface area contributed by atoms with Gasteiger partial charge in [0.05, 0.1) is 34.1 Å². The average molecular weight is 681 g/mol. The summed E-state index contributed by atoms with van der Waals surface area (Å²) in [5.74, 6) is -0.266. The van der Waals surface area contributed by atoms with E-state index in [9.17, 15) is 14.7 Å². The monoisotopic (exact) mass is 680 g/mol. The van der Waals surface area contributed by atoms with Gasteiger partial charge in [0.15, 0.2) is 11.7 Å². The van der Waals surface area contributed by atoms with Crippen LogP contribution in [0.15, 0.2) is 97.1 Å². The Morgan fingerprint density at radius 1 is 0.863 bits per heavy atom. The van der Waals surface area contributed by atoms with Gasteiger partial charge in [-0.3, -0.25) is 9.59 Å². The minimum absolute atomic E-state index is 0.0666. The van der Waals surface area contributed by atoms with Crippen molar-refractivity contribution in [2.45, 2.75) is 77.5 Å². The normalized spacial score (nSPS) is 17.6. The van der Waals surface area contributed by atoms with Crippen molar-refractivity contribution in [1.82, 2.24) is 0 Å². The van der Waals surface area contributed by atoms with E-state index in [0.29, 0.717) is 29.7 Å². The Balaban J connectivity index is 1.14. The molecule has 2 aliphatic rings. The van der Waals surface area contributed by atoms with Crippen molar-refractivity contribution >= 4 is 39.8 Å². The molecule has 5 aromatic carbocycles. The van der Waals surface area contributed by atoms with Crippen LogP contribution < -0.4 is 10.6 Å². The fourth-order valence-electron chi connectivity index (χ4n) is 7.68. The molecule has 7 rings (SSSR count). The van der Waals surface area contributed by atoms with Gasteiger partial charge in [-0.1, -0.05) is 120 Å². The number of anilines is 2. The summed E-state index contributed by atoms with van der Waals surface area (Å²) in [6.07, 6.45) is 4.20. The van der Waals surface area contributed by atoms with E-state index < -0.39 is 18.2 Å². The first kappa shape index (κ1) is 34.3. The first-order valence-electron chi connectivity index (χ1n) is 17.9. The fraction of sp³-hybridized carbons (Fsp3) is 0.289. The van der Waals surface area contributed by atoms with Crippen LogP contribution in [-0.4, -0.2) is 38.8 Å². The highest BCUT2D eigenvalue weighted by molar-refractivity contribution is 6.32. The Labute approximate surface area is 300 Å². The number of Topliss-reactive ketones (excluding diaryl/α,β-unsaturated/α-hetero) is 1. The molecule has 1 aliphatic heterocycles. The Kier molecular flexibility index (Phi) is 8.63. The van der Waals surface area contributed by atoms with Crippen molar-refractivity contribution in [1.29, 1.82) is 0 Å². The molecule has 0 bridgehead atoms. The third-order valence-corrected chi connectivity index (χ3v) is 10.3. The Hall–Kier alpha value is -5.20. The average Bonchev–Trinajstić information content (AvgIpc) is 3.34. The maximum atomic E-state index is 14.4. The highest BCUT2D eigenvalue weighted by Gasteiger charge is 2.49. The number of nitrogens with one attached hydrogen (secondary N) is 2. The van der Waals surface area contributed by atoms with E-state index >= 15 is 0 Å². The van der Waals surface area contributed by atoms with Crippen LogP contribution in [0.1, 0.15) is 86.1 Å². The topological polar surface area (TPSA) is 106 Å². The lowest BCUT2D eigenvalue weighted by molar-refractivity contribution is 0.0957. The molecule has 0 spiro atoms. The summed E-state index contributed by atoms with van der Waals surface area (Å²) in [4.78, 5) is 26.2. The highest BCUT2D eigenvalue weighted by atomic mass is 16.3. The lowest BCUT2D eigenvalue weighted by atomic mass is 9.78. The van der Waals surface area contributed by atoms with Gasteiger partial charge in [0.1, 0.15) is 6.23 Å². The Bertz CT molecular complexity index is 2170. The van der Waals surface area contributed by atoms with Crippen molar-refractivity contribution < 1.29 is 19.8 Å². The number of hydrogen-bond acceptors (Lipinski definition) is 4.